The smallest absolute Gasteiger partial charge is 0.345 e. The Morgan fingerprint density at radius 2 is 2.00 bits per heavy atom. The number of rotatable bonds is 7. The van der Waals surface area contributed by atoms with Crippen LogP contribution in [0.5, 0.6) is 11.5 Å². The van der Waals surface area contributed by atoms with Gasteiger partial charge in [0.25, 0.3) is 5.69 Å². The predicted molar refractivity (Wildman–Crippen MR) is 91.1 cm³/mol. The highest BCUT2D eigenvalue weighted by atomic mass is 16.6. The highest BCUT2D eigenvalue weighted by Crippen LogP contribution is 2.35. The van der Waals surface area contributed by atoms with Gasteiger partial charge in [0, 0.05) is 11.6 Å². The van der Waals surface area contributed by atoms with E-state index in [0.717, 1.165) is 6.07 Å². The molecule has 0 aliphatic carbocycles. The number of carbonyl (C=O) groups excluding carboxylic acids is 1. The minimum Gasteiger partial charge on any atom is -0.493 e. The van der Waals surface area contributed by atoms with E-state index in [4.69, 9.17) is 19.5 Å². The summed E-state index contributed by atoms with van der Waals surface area (Å²) in [6.07, 6.45) is 0. The Kier molecular flexibility index (Phi) is 6.11. The molecule has 134 valence electrons. The Balaban J connectivity index is 2.33. The molecule has 0 aliphatic rings. The summed E-state index contributed by atoms with van der Waals surface area (Å²) < 4.78 is 15.6. The van der Waals surface area contributed by atoms with Crippen molar-refractivity contribution >= 4 is 11.7 Å². The van der Waals surface area contributed by atoms with E-state index in [2.05, 4.69) is 0 Å². The molecule has 0 amide bonds. The fourth-order valence-electron chi connectivity index (χ4n) is 2.27. The lowest BCUT2D eigenvalue weighted by molar-refractivity contribution is -0.385. The summed E-state index contributed by atoms with van der Waals surface area (Å²) in [6.45, 7) is 1.84. The molecule has 8 nitrogen and oxygen atoms in total. The molecule has 0 fully saturated rings. The van der Waals surface area contributed by atoms with Crippen molar-refractivity contribution in [1.82, 2.24) is 0 Å². The van der Waals surface area contributed by atoms with Crippen molar-refractivity contribution in [3.8, 4) is 17.6 Å². The number of carbonyl (C=O) groups is 1. The van der Waals surface area contributed by atoms with Crippen molar-refractivity contribution < 1.29 is 23.9 Å². The van der Waals surface area contributed by atoms with E-state index >= 15 is 0 Å². The summed E-state index contributed by atoms with van der Waals surface area (Å²) in [4.78, 5) is 23.0. The molecule has 2 aromatic rings. The summed E-state index contributed by atoms with van der Waals surface area (Å²) in [5, 5.41) is 20.4. The van der Waals surface area contributed by atoms with Gasteiger partial charge in [-0.3, -0.25) is 10.1 Å². The minimum absolute atomic E-state index is 0.143. The topological polar surface area (TPSA) is 112 Å². The summed E-state index contributed by atoms with van der Waals surface area (Å²) >= 11 is 0. The Labute approximate surface area is 149 Å². The van der Waals surface area contributed by atoms with Crippen LogP contribution in [0.15, 0.2) is 36.4 Å². The first kappa shape index (κ1) is 18.7. The lowest BCUT2D eigenvalue weighted by Gasteiger charge is -2.12. The molecule has 0 saturated carbocycles. The number of nitrogens with zero attached hydrogens (tertiary/aromatic N) is 2. The molecule has 2 aromatic carbocycles. The van der Waals surface area contributed by atoms with Crippen LogP contribution >= 0.6 is 0 Å². The van der Waals surface area contributed by atoms with Gasteiger partial charge in [-0.15, -0.1) is 0 Å². The summed E-state index contributed by atoms with van der Waals surface area (Å²) in [5.41, 5.74) is 0.154. The third-order valence-electron chi connectivity index (χ3n) is 3.49. The Bertz CT molecular complexity index is 872. The van der Waals surface area contributed by atoms with Gasteiger partial charge >= 0.3 is 5.97 Å². The van der Waals surface area contributed by atoms with Gasteiger partial charge < -0.3 is 14.2 Å². The Hall–Kier alpha value is -3.60. The molecule has 0 heterocycles. The molecule has 26 heavy (non-hydrogen) atoms. The van der Waals surface area contributed by atoms with Crippen molar-refractivity contribution in [2.45, 2.75) is 13.5 Å². The van der Waals surface area contributed by atoms with Crippen LogP contribution < -0.4 is 9.47 Å². The van der Waals surface area contributed by atoms with E-state index in [-0.39, 0.29) is 30.3 Å². The van der Waals surface area contributed by atoms with Crippen LogP contribution in [0.1, 0.15) is 28.4 Å². The highest BCUT2D eigenvalue weighted by molar-refractivity contribution is 5.95. The molecular formula is C18H16N2O6. The van der Waals surface area contributed by atoms with Crippen LogP contribution in [-0.2, 0) is 11.3 Å². The first-order valence-corrected chi connectivity index (χ1v) is 7.66. The molecule has 0 radical (unpaired) electrons. The SMILES string of the molecule is CCOc1cc(C(=O)OCc2ccccc2C#N)c([N+](=O)[O-])cc1OC. The zero-order valence-electron chi connectivity index (χ0n) is 14.2. The lowest BCUT2D eigenvalue weighted by atomic mass is 10.1. The molecular weight excluding hydrogens is 340 g/mol. The lowest BCUT2D eigenvalue weighted by Crippen LogP contribution is -2.10. The van der Waals surface area contributed by atoms with E-state index < -0.39 is 16.6 Å². The maximum atomic E-state index is 12.4. The maximum absolute atomic E-state index is 12.4. The maximum Gasteiger partial charge on any atom is 0.345 e. The normalized spacial score (nSPS) is 9.88. The van der Waals surface area contributed by atoms with Gasteiger partial charge in [-0.25, -0.2) is 4.79 Å². The molecule has 0 aliphatic heterocycles. The van der Waals surface area contributed by atoms with Crippen molar-refractivity contribution in [2.75, 3.05) is 13.7 Å². The van der Waals surface area contributed by atoms with Crippen LogP contribution in [0.2, 0.25) is 0 Å². The van der Waals surface area contributed by atoms with Crippen LogP contribution in [-0.4, -0.2) is 24.6 Å². The third kappa shape index (κ3) is 4.08. The van der Waals surface area contributed by atoms with Gasteiger partial charge in [-0.2, -0.15) is 5.26 Å². The van der Waals surface area contributed by atoms with Crippen molar-refractivity contribution in [3.63, 3.8) is 0 Å². The van der Waals surface area contributed by atoms with Gasteiger partial charge in [0.05, 0.1) is 36.3 Å². The zero-order chi connectivity index (χ0) is 19.1. The number of hydrogen-bond acceptors (Lipinski definition) is 7. The zero-order valence-corrected chi connectivity index (χ0v) is 14.2. The largest absolute Gasteiger partial charge is 0.493 e. The third-order valence-corrected chi connectivity index (χ3v) is 3.49. The number of hydrogen-bond donors (Lipinski definition) is 0. The number of nitro benzene ring substituents is 1. The quantitative estimate of drug-likeness (QED) is 0.425. The van der Waals surface area contributed by atoms with E-state index in [1.165, 1.54) is 13.2 Å². The van der Waals surface area contributed by atoms with Crippen LogP contribution in [0.3, 0.4) is 0 Å². The predicted octanol–water partition coefficient (Wildman–Crippen LogP) is 3.23. The van der Waals surface area contributed by atoms with Crippen molar-refractivity contribution in [3.05, 3.63) is 63.2 Å². The molecule has 0 aromatic heterocycles. The molecule has 8 heteroatoms. The molecule has 0 spiro atoms. The van der Waals surface area contributed by atoms with E-state index in [9.17, 15) is 14.9 Å². The standard InChI is InChI=1S/C18H16N2O6/c1-3-25-17-8-14(15(20(22)23)9-16(17)24-2)18(21)26-11-13-7-5-4-6-12(13)10-19/h4-9H,3,11H2,1-2H3. The Morgan fingerprint density at radius 1 is 1.27 bits per heavy atom. The van der Waals surface area contributed by atoms with E-state index in [0.29, 0.717) is 11.1 Å². The number of methoxy groups -OCH3 is 1. The number of nitriles is 1. The van der Waals surface area contributed by atoms with Gasteiger partial charge in [0.2, 0.25) is 0 Å². The second kappa shape index (κ2) is 8.48. The summed E-state index contributed by atoms with van der Waals surface area (Å²) in [6, 6.07) is 10.9. The number of benzene rings is 2. The Morgan fingerprint density at radius 3 is 2.62 bits per heavy atom. The molecule has 0 saturated heterocycles. The number of ether oxygens (including phenoxy) is 3. The monoisotopic (exact) mass is 356 g/mol. The molecule has 2 rings (SSSR count). The second-order valence-corrected chi connectivity index (χ2v) is 5.06. The molecule has 0 bridgehead atoms. The van der Waals surface area contributed by atoms with E-state index in [1.807, 2.05) is 6.07 Å². The van der Waals surface area contributed by atoms with Crippen LogP contribution in [0.4, 0.5) is 5.69 Å². The molecule has 0 unspecified atom stereocenters. The summed E-state index contributed by atoms with van der Waals surface area (Å²) in [5.74, 6) is -0.553. The first-order chi connectivity index (χ1) is 12.5. The van der Waals surface area contributed by atoms with Gasteiger partial charge in [0.1, 0.15) is 12.2 Å². The highest BCUT2D eigenvalue weighted by Gasteiger charge is 2.26. The average molecular weight is 356 g/mol. The van der Waals surface area contributed by atoms with E-state index in [1.54, 1.807) is 31.2 Å². The van der Waals surface area contributed by atoms with Crippen LogP contribution in [0.25, 0.3) is 0 Å². The molecule has 0 atom stereocenters. The van der Waals surface area contributed by atoms with Crippen molar-refractivity contribution in [1.29, 1.82) is 5.26 Å². The van der Waals surface area contributed by atoms with Gasteiger partial charge in [-0.1, -0.05) is 18.2 Å². The van der Waals surface area contributed by atoms with Gasteiger partial charge in [-0.05, 0) is 13.0 Å². The minimum atomic E-state index is -0.895. The second-order valence-electron chi connectivity index (χ2n) is 5.06. The number of esters is 1. The summed E-state index contributed by atoms with van der Waals surface area (Å²) in [7, 11) is 1.35. The van der Waals surface area contributed by atoms with Crippen LogP contribution in [0, 0.1) is 21.4 Å². The fourth-order valence-corrected chi connectivity index (χ4v) is 2.27. The first-order valence-electron chi connectivity index (χ1n) is 7.66. The molecule has 0 N–H and O–H groups in total. The van der Waals surface area contributed by atoms with Gasteiger partial charge in [0.15, 0.2) is 11.5 Å². The van der Waals surface area contributed by atoms with Crippen molar-refractivity contribution in [2.24, 2.45) is 0 Å². The fraction of sp³-hybridized carbons (Fsp3) is 0.222. The average Bonchev–Trinajstić information content (AvgIpc) is 2.66. The number of nitro groups is 1.